The number of carbonyl (C=O) groups is 2. The third-order valence-electron chi connectivity index (χ3n) is 6.09. The largest absolute Gasteiger partial charge is 0.378 e. The van der Waals surface area contributed by atoms with E-state index < -0.39 is 0 Å². The van der Waals surface area contributed by atoms with Gasteiger partial charge in [-0.05, 0) is 32.2 Å². The maximum absolute atomic E-state index is 12.8. The Kier molecular flexibility index (Phi) is 5.73. The smallest absolute Gasteiger partial charge is 0.289 e. The molecule has 2 amide bonds. The summed E-state index contributed by atoms with van der Waals surface area (Å²) in [7, 11) is 0. The molecule has 1 atom stereocenters. The first-order chi connectivity index (χ1) is 13.2. The van der Waals surface area contributed by atoms with E-state index in [0.717, 1.165) is 65.0 Å². The van der Waals surface area contributed by atoms with Crippen LogP contribution >= 0.6 is 0 Å². The molecule has 27 heavy (non-hydrogen) atoms. The molecule has 0 bridgehead atoms. The quantitative estimate of drug-likeness (QED) is 0.836. The molecule has 0 radical (unpaired) electrons. The Morgan fingerprint density at radius 3 is 2.52 bits per heavy atom. The van der Waals surface area contributed by atoms with Gasteiger partial charge in [0, 0.05) is 51.2 Å². The van der Waals surface area contributed by atoms with E-state index in [4.69, 9.17) is 4.74 Å². The average molecular weight is 375 g/mol. The van der Waals surface area contributed by atoms with Gasteiger partial charge in [-0.15, -0.1) is 0 Å². The number of H-pyrrole nitrogens is 1. The number of aromatic nitrogens is 2. The molecular formula is C19H29N5O3. The molecule has 3 aliphatic heterocycles. The summed E-state index contributed by atoms with van der Waals surface area (Å²) in [5.41, 5.74) is 0. The van der Waals surface area contributed by atoms with Crippen LogP contribution < -0.4 is 0 Å². The number of rotatable bonds is 3. The topological polar surface area (TPSA) is 81.8 Å². The summed E-state index contributed by atoms with van der Waals surface area (Å²) >= 11 is 0. The van der Waals surface area contributed by atoms with Crippen LogP contribution in [-0.4, -0.2) is 95.0 Å². The first-order valence-corrected chi connectivity index (χ1v) is 10.1. The summed E-state index contributed by atoms with van der Waals surface area (Å²) in [6, 6.07) is 0.464. The summed E-state index contributed by atoms with van der Waals surface area (Å²) in [5.74, 6) is 0.813. The number of nitrogens with one attached hydrogen (secondary N) is 1. The highest BCUT2D eigenvalue weighted by Gasteiger charge is 2.34. The molecule has 8 heteroatoms. The van der Waals surface area contributed by atoms with Crippen LogP contribution in [0.5, 0.6) is 0 Å². The molecule has 148 valence electrons. The zero-order valence-corrected chi connectivity index (χ0v) is 15.8. The summed E-state index contributed by atoms with van der Waals surface area (Å²) in [5, 5.41) is 0. The minimum Gasteiger partial charge on any atom is -0.378 e. The predicted octanol–water partition coefficient (Wildman–Crippen LogP) is 0.585. The molecule has 1 aromatic rings. The van der Waals surface area contributed by atoms with Crippen LogP contribution in [0.2, 0.25) is 0 Å². The SMILES string of the molecule is O=C(c1ncc[nH]1)N1CCC(N2CCC[C@H](C(=O)N3CCOCC3)C2)CC1. The molecule has 0 aromatic carbocycles. The third kappa shape index (κ3) is 4.16. The van der Waals surface area contributed by atoms with Crippen molar-refractivity contribution in [1.29, 1.82) is 0 Å². The van der Waals surface area contributed by atoms with Gasteiger partial charge in [0.05, 0.1) is 19.1 Å². The highest BCUT2D eigenvalue weighted by atomic mass is 16.5. The first kappa shape index (κ1) is 18.4. The number of piperidine rings is 2. The Labute approximate surface area is 159 Å². The number of morpholine rings is 1. The van der Waals surface area contributed by atoms with Crippen molar-refractivity contribution < 1.29 is 14.3 Å². The Morgan fingerprint density at radius 1 is 1.04 bits per heavy atom. The number of amides is 2. The molecule has 3 saturated heterocycles. The van der Waals surface area contributed by atoms with Crippen LogP contribution in [-0.2, 0) is 9.53 Å². The van der Waals surface area contributed by atoms with Gasteiger partial charge in [-0.25, -0.2) is 4.98 Å². The van der Waals surface area contributed by atoms with Gasteiger partial charge in [-0.3, -0.25) is 14.5 Å². The van der Waals surface area contributed by atoms with E-state index in [1.165, 1.54) is 0 Å². The van der Waals surface area contributed by atoms with E-state index >= 15 is 0 Å². The van der Waals surface area contributed by atoms with Gasteiger partial charge < -0.3 is 19.5 Å². The zero-order valence-electron chi connectivity index (χ0n) is 15.8. The van der Waals surface area contributed by atoms with E-state index in [1.54, 1.807) is 12.4 Å². The molecule has 0 saturated carbocycles. The Hall–Kier alpha value is -1.93. The van der Waals surface area contributed by atoms with Crippen LogP contribution in [0.3, 0.4) is 0 Å². The highest BCUT2D eigenvalue weighted by molar-refractivity contribution is 5.90. The highest BCUT2D eigenvalue weighted by Crippen LogP contribution is 2.25. The molecule has 0 spiro atoms. The van der Waals surface area contributed by atoms with Crippen LogP contribution in [0.25, 0.3) is 0 Å². The molecule has 4 rings (SSSR count). The second kappa shape index (κ2) is 8.39. The van der Waals surface area contributed by atoms with Crippen molar-refractivity contribution in [2.45, 2.75) is 31.7 Å². The van der Waals surface area contributed by atoms with Gasteiger partial charge in [0.2, 0.25) is 5.91 Å². The maximum Gasteiger partial charge on any atom is 0.289 e. The monoisotopic (exact) mass is 375 g/mol. The first-order valence-electron chi connectivity index (χ1n) is 10.1. The predicted molar refractivity (Wildman–Crippen MR) is 99.2 cm³/mol. The van der Waals surface area contributed by atoms with Crippen molar-refractivity contribution in [3.63, 3.8) is 0 Å². The van der Waals surface area contributed by atoms with Crippen molar-refractivity contribution >= 4 is 11.8 Å². The van der Waals surface area contributed by atoms with Gasteiger partial charge in [0.25, 0.3) is 5.91 Å². The van der Waals surface area contributed by atoms with Gasteiger partial charge in [-0.1, -0.05) is 0 Å². The molecular weight excluding hydrogens is 346 g/mol. The molecule has 1 N–H and O–H groups in total. The molecule has 4 heterocycles. The fourth-order valence-corrected chi connectivity index (χ4v) is 4.55. The minimum atomic E-state index is -0.0162. The lowest BCUT2D eigenvalue weighted by Gasteiger charge is -2.42. The van der Waals surface area contributed by atoms with Crippen molar-refractivity contribution in [2.24, 2.45) is 5.92 Å². The Morgan fingerprint density at radius 2 is 1.81 bits per heavy atom. The van der Waals surface area contributed by atoms with E-state index in [9.17, 15) is 9.59 Å². The van der Waals surface area contributed by atoms with E-state index in [2.05, 4.69) is 14.9 Å². The number of likely N-dealkylation sites (tertiary alicyclic amines) is 2. The van der Waals surface area contributed by atoms with E-state index in [0.29, 0.717) is 31.0 Å². The molecule has 0 unspecified atom stereocenters. The summed E-state index contributed by atoms with van der Waals surface area (Å²) in [6.45, 7) is 6.18. The van der Waals surface area contributed by atoms with Gasteiger partial charge in [0.15, 0.2) is 5.82 Å². The number of ether oxygens (including phenoxy) is 1. The average Bonchev–Trinajstić information content (AvgIpc) is 3.28. The van der Waals surface area contributed by atoms with Gasteiger partial charge in [-0.2, -0.15) is 0 Å². The van der Waals surface area contributed by atoms with Crippen molar-refractivity contribution in [2.75, 3.05) is 52.5 Å². The van der Waals surface area contributed by atoms with Crippen molar-refractivity contribution in [3.05, 3.63) is 18.2 Å². The van der Waals surface area contributed by atoms with E-state index in [-0.39, 0.29) is 11.8 Å². The lowest BCUT2D eigenvalue weighted by Crippen LogP contribution is -2.53. The number of hydrogen-bond acceptors (Lipinski definition) is 5. The maximum atomic E-state index is 12.8. The van der Waals surface area contributed by atoms with Crippen molar-refractivity contribution in [1.82, 2.24) is 24.7 Å². The molecule has 3 fully saturated rings. The summed E-state index contributed by atoms with van der Waals surface area (Å²) in [4.78, 5) is 38.6. The molecule has 8 nitrogen and oxygen atoms in total. The lowest BCUT2D eigenvalue weighted by molar-refractivity contribution is -0.141. The minimum absolute atomic E-state index is 0.0162. The van der Waals surface area contributed by atoms with Crippen LogP contribution in [0.4, 0.5) is 0 Å². The summed E-state index contributed by atoms with van der Waals surface area (Å²) < 4.78 is 5.37. The second-order valence-corrected chi connectivity index (χ2v) is 7.73. The normalized spacial score (nSPS) is 25.6. The van der Waals surface area contributed by atoms with Gasteiger partial charge in [0.1, 0.15) is 0 Å². The molecule has 3 aliphatic rings. The number of hydrogen-bond donors (Lipinski definition) is 1. The van der Waals surface area contributed by atoms with Crippen LogP contribution in [0.15, 0.2) is 12.4 Å². The van der Waals surface area contributed by atoms with Crippen molar-refractivity contribution in [3.8, 4) is 0 Å². The summed E-state index contributed by atoms with van der Waals surface area (Å²) in [6.07, 6.45) is 7.28. The fraction of sp³-hybridized carbons (Fsp3) is 0.737. The standard InChI is InChI=1S/C19H29N5O3/c25-18(23-10-12-27-13-11-23)15-2-1-7-24(14-15)16-3-8-22(9-4-16)19(26)17-20-5-6-21-17/h5-6,15-16H,1-4,7-14H2,(H,20,21)/t15-/m0/s1. The third-order valence-corrected chi connectivity index (χ3v) is 6.09. The fourth-order valence-electron chi connectivity index (χ4n) is 4.55. The number of aromatic amines is 1. The number of nitrogens with zero attached hydrogens (tertiary/aromatic N) is 4. The molecule has 1 aromatic heterocycles. The lowest BCUT2D eigenvalue weighted by atomic mass is 9.92. The van der Waals surface area contributed by atoms with Crippen LogP contribution in [0.1, 0.15) is 36.3 Å². The van der Waals surface area contributed by atoms with E-state index in [1.807, 2.05) is 9.80 Å². The zero-order chi connectivity index (χ0) is 18.6. The Bertz CT molecular complexity index is 636. The van der Waals surface area contributed by atoms with Crippen LogP contribution in [0, 0.1) is 5.92 Å². The second-order valence-electron chi connectivity index (χ2n) is 7.73. The Balaban J connectivity index is 1.29. The molecule has 0 aliphatic carbocycles. The number of carbonyl (C=O) groups excluding carboxylic acids is 2. The van der Waals surface area contributed by atoms with Gasteiger partial charge >= 0.3 is 0 Å². The number of imidazole rings is 1.